The highest BCUT2D eigenvalue weighted by atomic mass is 35.5. The monoisotopic (exact) mass is 463 g/mol. The lowest BCUT2D eigenvalue weighted by Crippen LogP contribution is -2.35. The van der Waals surface area contributed by atoms with Gasteiger partial charge in [-0.05, 0) is 31.4 Å². The van der Waals surface area contributed by atoms with E-state index in [0.29, 0.717) is 22.6 Å². The van der Waals surface area contributed by atoms with Crippen molar-refractivity contribution in [2.45, 2.75) is 40.8 Å². The predicted octanol–water partition coefficient (Wildman–Crippen LogP) is 4.72. The molecule has 0 aromatic heterocycles. The number of fused-ring (bicyclic) bond motifs is 3. The Morgan fingerprint density at radius 1 is 1.16 bits per heavy atom. The van der Waals surface area contributed by atoms with Crippen molar-refractivity contribution in [1.82, 2.24) is 0 Å². The molecule has 5 atom stereocenters. The first-order valence-electron chi connectivity index (χ1n) is 9.55. The molecule has 9 nitrogen and oxygen atoms in total. The van der Waals surface area contributed by atoms with Gasteiger partial charge in [0.1, 0.15) is 0 Å². The molecule has 1 saturated carbocycles. The zero-order chi connectivity index (χ0) is 22.3. The Balaban J connectivity index is 1.75. The molecule has 0 amide bonds. The number of hydrogen-bond donors (Lipinski definition) is 1. The van der Waals surface area contributed by atoms with Crippen molar-refractivity contribution < 1.29 is 19.4 Å². The van der Waals surface area contributed by atoms with Gasteiger partial charge in [0.2, 0.25) is 0 Å². The Labute approximate surface area is 186 Å². The van der Waals surface area contributed by atoms with Gasteiger partial charge in [0.15, 0.2) is 5.75 Å². The molecule has 1 aliphatic carbocycles. The van der Waals surface area contributed by atoms with Gasteiger partial charge in [0, 0.05) is 29.3 Å². The molecule has 31 heavy (non-hydrogen) atoms. The summed E-state index contributed by atoms with van der Waals surface area (Å²) in [7, 11) is 0. The number of nitro benzene ring substituents is 2. The molecule has 0 saturated heterocycles. The fourth-order valence-electron chi connectivity index (χ4n) is 4.60. The van der Waals surface area contributed by atoms with Gasteiger partial charge >= 0.3 is 0 Å². The number of para-hydroxylation sites is 1. The standard InChI is InChI=1S/C20H18ClN3O6S/c1-10-11-8-16(31-15-5-3-2-4-12(15)23(26)27)19(21)17(11)18-13(24(28)29)6-7-14(30-9-25)20(18)22-10/h2-7,9-11,16-17,19,22H,8H2,1H3. The summed E-state index contributed by atoms with van der Waals surface area (Å²) in [5.74, 6) is -0.191. The maximum atomic E-state index is 11.8. The summed E-state index contributed by atoms with van der Waals surface area (Å²) in [5.41, 5.74) is 0.727. The van der Waals surface area contributed by atoms with Gasteiger partial charge in [-0.25, -0.2) is 0 Å². The molecule has 4 rings (SSSR count). The highest BCUT2D eigenvalue weighted by Gasteiger charge is 2.52. The van der Waals surface area contributed by atoms with Crippen LogP contribution in [0, 0.1) is 26.1 Å². The van der Waals surface area contributed by atoms with E-state index in [0.717, 1.165) is 0 Å². The fourth-order valence-corrected chi connectivity index (χ4v) is 6.54. The number of nitrogens with one attached hydrogen (secondary N) is 1. The number of nitro groups is 2. The summed E-state index contributed by atoms with van der Waals surface area (Å²) < 4.78 is 5.05. The van der Waals surface area contributed by atoms with Crippen molar-refractivity contribution in [3.8, 4) is 5.75 Å². The second kappa shape index (κ2) is 8.35. The molecule has 1 aliphatic heterocycles. The maximum absolute atomic E-state index is 11.8. The van der Waals surface area contributed by atoms with Crippen LogP contribution in [0.15, 0.2) is 41.3 Å². The van der Waals surface area contributed by atoms with Crippen LogP contribution < -0.4 is 10.1 Å². The Morgan fingerprint density at radius 3 is 2.55 bits per heavy atom. The number of rotatable bonds is 6. The molecule has 2 aromatic carbocycles. The summed E-state index contributed by atoms with van der Waals surface area (Å²) in [4.78, 5) is 33.7. The molecule has 1 N–H and O–H groups in total. The molecule has 2 aromatic rings. The van der Waals surface area contributed by atoms with Crippen LogP contribution in [0.3, 0.4) is 0 Å². The SMILES string of the molecule is CC1Nc2c(OC=O)ccc([N+](=O)[O-])c2C2C(Cl)C(Sc3ccccc3[N+](=O)[O-])CC12. The van der Waals surface area contributed by atoms with Crippen LogP contribution in [0.4, 0.5) is 17.1 Å². The van der Waals surface area contributed by atoms with E-state index in [1.807, 2.05) is 6.92 Å². The quantitative estimate of drug-likeness (QED) is 0.282. The summed E-state index contributed by atoms with van der Waals surface area (Å²) in [6.45, 7) is 2.23. The molecule has 162 valence electrons. The van der Waals surface area contributed by atoms with E-state index in [-0.39, 0.29) is 46.7 Å². The van der Waals surface area contributed by atoms with E-state index in [1.165, 1.54) is 30.0 Å². The molecular formula is C20H18ClN3O6S. The summed E-state index contributed by atoms with van der Waals surface area (Å²) in [6, 6.07) is 9.08. The molecule has 11 heteroatoms. The van der Waals surface area contributed by atoms with E-state index in [2.05, 4.69) is 5.32 Å². The van der Waals surface area contributed by atoms with Crippen LogP contribution in [0.5, 0.6) is 5.75 Å². The smallest absolute Gasteiger partial charge is 0.298 e. The van der Waals surface area contributed by atoms with Crippen molar-refractivity contribution >= 4 is 46.9 Å². The van der Waals surface area contributed by atoms with Gasteiger partial charge in [-0.1, -0.05) is 12.1 Å². The minimum atomic E-state index is -0.511. The van der Waals surface area contributed by atoms with Crippen LogP contribution >= 0.6 is 23.4 Å². The zero-order valence-electron chi connectivity index (χ0n) is 16.3. The third-order valence-electron chi connectivity index (χ3n) is 5.91. The lowest BCUT2D eigenvalue weighted by Gasteiger charge is -2.36. The fraction of sp³-hybridized carbons (Fsp3) is 0.350. The van der Waals surface area contributed by atoms with Gasteiger partial charge in [0.05, 0.1) is 31.4 Å². The molecule has 1 heterocycles. The summed E-state index contributed by atoms with van der Waals surface area (Å²) in [5, 5.41) is 25.7. The molecule has 0 spiro atoms. The van der Waals surface area contributed by atoms with E-state index in [1.54, 1.807) is 18.2 Å². The van der Waals surface area contributed by atoms with Crippen molar-refractivity contribution in [1.29, 1.82) is 0 Å². The van der Waals surface area contributed by atoms with Gasteiger partial charge in [-0.2, -0.15) is 0 Å². The van der Waals surface area contributed by atoms with Gasteiger partial charge in [0.25, 0.3) is 17.8 Å². The number of anilines is 1. The molecule has 5 unspecified atom stereocenters. The van der Waals surface area contributed by atoms with Gasteiger partial charge in [-0.3, -0.25) is 25.0 Å². The first-order valence-corrected chi connectivity index (χ1v) is 10.9. The number of alkyl halides is 1. The Hall–Kier alpha value is -2.85. The molecule has 2 aliphatic rings. The number of carbonyl (C=O) groups excluding carboxylic acids is 1. The number of benzene rings is 2. The third-order valence-corrected chi connectivity index (χ3v) is 8.02. The summed E-state index contributed by atoms with van der Waals surface area (Å²) in [6.07, 6.45) is 0.624. The molecular weight excluding hydrogens is 446 g/mol. The highest BCUT2D eigenvalue weighted by molar-refractivity contribution is 8.00. The first-order chi connectivity index (χ1) is 14.8. The summed E-state index contributed by atoms with van der Waals surface area (Å²) >= 11 is 8.21. The number of nitrogens with zero attached hydrogens (tertiary/aromatic N) is 2. The van der Waals surface area contributed by atoms with Gasteiger partial charge in [-0.15, -0.1) is 23.4 Å². The zero-order valence-corrected chi connectivity index (χ0v) is 17.8. The van der Waals surface area contributed by atoms with Crippen LogP contribution in [0.2, 0.25) is 0 Å². The Bertz CT molecular complexity index is 1070. The minimum Gasteiger partial charge on any atom is -0.427 e. The third kappa shape index (κ3) is 3.70. The number of thioether (sulfide) groups is 1. The Morgan fingerprint density at radius 2 is 1.87 bits per heavy atom. The number of ether oxygens (including phenoxy) is 1. The Kier molecular flexibility index (Phi) is 5.76. The van der Waals surface area contributed by atoms with Crippen LogP contribution in [0.1, 0.15) is 24.8 Å². The average Bonchev–Trinajstić information content (AvgIpc) is 3.06. The van der Waals surface area contributed by atoms with E-state index >= 15 is 0 Å². The minimum absolute atomic E-state index is 0.00506. The van der Waals surface area contributed by atoms with E-state index in [9.17, 15) is 25.0 Å². The molecule has 1 fully saturated rings. The second-order valence-corrected chi connectivity index (χ2v) is 9.31. The molecule has 0 radical (unpaired) electrons. The number of carbonyl (C=O) groups is 1. The predicted molar refractivity (Wildman–Crippen MR) is 116 cm³/mol. The topological polar surface area (TPSA) is 125 Å². The second-order valence-electron chi connectivity index (χ2n) is 7.53. The van der Waals surface area contributed by atoms with Crippen molar-refractivity contribution in [3.63, 3.8) is 0 Å². The van der Waals surface area contributed by atoms with E-state index < -0.39 is 15.2 Å². The van der Waals surface area contributed by atoms with Crippen LogP contribution in [-0.2, 0) is 4.79 Å². The average molecular weight is 464 g/mol. The number of halogens is 1. The first kappa shape index (κ1) is 21.4. The van der Waals surface area contributed by atoms with Crippen LogP contribution in [-0.4, -0.2) is 33.0 Å². The number of hydrogen-bond acceptors (Lipinski definition) is 8. The maximum Gasteiger partial charge on any atom is 0.298 e. The highest BCUT2D eigenvalue weighted by Crippen LogP contribution is 2.58. The van der Waals surface area contributed by atoms with Crippen LogP contribution in [0.25, 0.3) is 0 Å². The van der Waals surface area contributed by atoms with Crippen molar-refractivity contribution in [3.05, 3.63) is 62.2 Å². The normalized spacial score (nSPS) is 26.3. The lowest BCUT2D eigenvalue weighted by atomic mass is 9.79. The lowest BCUT2D eigenvalue weighted by molar-refractivity contribution is -0.387. The van der Waals surface area contributed by atoms with Gasteiger partial charge < -0.3 is 10.1 Å². The van der Waals surface area contributed by atoms with Crippen molar-refractivity contribution in [2.24, 2.45) is 5.92 Å². The molecule has 0 bridgehead atoms. The van der Waals surface area contributed by atoms with E-state index in [4.69, 9.17) is 16.3 Å². The largest absolute Gasteiger partial charge is 0.427 e. The van der Waals surface area contributed by atoms with Crippen molar-refractivity contribution in [2.75, 3.05) is 5.32 Å².